The Hall–Kier alpha value is 0.467. The van der Waals surface area contributed by atoms with Crippen LogP contribution in [-0.2, 0) is 4.74 Å². The SMILES string of the molecule is CC(CCl)C[SiH2]C1CCCCO1. The smallest absolute Gasteiger partial charge is 0.0558 e. The second-order valence-electron chi connectivity index (χ2n) is 3.83. The lowest BCUT2D eigenvalue weighted by Gasteiger charge is -2.22. The van der Waals surface area contributed by atoms with Crippen LogP contribution < -0.4 is 0 Å². The average Bonchev–Trinajstić information content (AvgIpc) is 2.16. The number of halogens is 1. The van der Waals surface area contributed by atoms with Crippen molar-refractivity contribution in [2.24, 2.45) is 5.92 Å². The summed E-state index contributed by atoms with van der Waals surface area (Å²) >= 11 is 5.75. The molecule has 0 radical (unpaired) electrons. The van der Waals surface area contributed by atoms with Crippen LogP contribution in [0, 0.1) is 5.92 Å². The van der Waals surface area contributed by atoms with Gasteiger partial charge in [-0.1, -0.05) is 13.0 Å². The predicted molar refractivity (Wildman–Crippen MR) is 56.8 cm³/mol. The molecule has 0 aliphatic carbocycles. The van der Waals surface area contributed by atoms with Crippen LogP contribution in [-0.4, -0.2) is 27.7 Å². The zero-order valence-electron chi connectivity index (χ0n) is 7.89. The van der Waals surface area contributed by atoms with Crippen LogP contribution in [0.15, 0.2) is 0 Å². The highest BCUT2D eigenvalue weighted by Crippen LogP contribution is 2.14. The van der Waals surface area contributed by atoms with Gasteiger partial charge in [-0.3, -0.25) is 0 Å². The maximum atomic E-state index is 5.75. The lowest BCUT2D eigenvalue weighted by Crippen LogP contribution is -2.26. The van der Waals surface area contributed by atoms with E-state index in [0.29, 0.717) is 11.6 Å². The molecule has 1 nitrogen and oxygen atoms in total. The van der Waals surface area contributed by atoms with E-state index in [1.54, 1.807) is 0 Å². The highest BCUT2D eigenvalue weighted by molar-refractivity contribution is 6.37. The molecular formula is C9H19ClOSi. The number of hydrogen-bond donors (Lipinski definition) is 0. The minimum Gasteiger partial charge on any atom is -0.382 e. The Bertz CT molecular complexity index is 115. The standard InChI is InChI=1S/C9H19ClOSi/c1-8(6-10)7-12-9-4-2-3-5-11-9/h8-9H,2-7,12H2,1H3. The molecule has 1 aliphatic rings. The van der Waals surface area contributed by atoms with E-state index < -0.39 is 0 Å². The zero-order valence-corrected chi connectivity index (χ0v) is 10.1. The van der Waals surface area contributed by atoms with Gasteiger partial charge in [-0.05, 0) is 25.2 Å². The van der Waals surface area contributed by atoms with Gasteiger partial charge in [-0.2, -0.15) is 0 Å². The topological polar surface area (TPSA) is 9.23 Å². The Morgan fingerprint density at radius 2 is 2.42 bits per heavy atom. The van der Waals surface area contributed by atoms with Crippen LogP contribution >= 0.6 is 11.6 Å². The monoisotopic (exact) mass is 206 g/mol. The van der Waals surface area contributed by atoms with E-state index in [1.807, 2.05) is 0 Å². The van der Waals surface area contributed by atoms with Gasteiger partial charge < -0.3 is 4.74 Å². The number of rotatable bonds is 4. The molecule has 0 spiro atoms. The highest BCUT2D eigenvalue weighted by Gasteiger charge is 2.14. The Morgan fingerprint density at radius 1 is 1.58 bits per heavy atom. The lowest BCUT2D eigenvalue weighted by molar-refractivity contribution is 0.0648. The van der Waals surface area contributed by atoms with Gasteiger partial charge in [0.05, 0.1) is 9.52 Å². The predicted octanol–water partition coefficient (Wildman–Crippen LogP) is 1.97. The Balaban J connectivity index is 2.05. The molecule has 0 bridgehead atoms. The van der Waals surface area contributed by atoms with E-state index in [-0.39, 0.29) is 9.52 Å². The molecule has 0 aromatic rings. The molecule has 1 fully saturated rings. The number of alkyl halides is 1. The third kappa shape index (κ3) is 3.92. The summed E-state index contributed by atoms with van der Waals surface area (Å²) in [6.07, 6.45) is 3.98. The third-order valence-electron chi connectivity index (χ3n) is 2.52. The largest absolute Gasteiger partial charge is 0.382 e. The molecule has 1 aliphatic heterocycles. The van der Waals surface area contributed by atoms with Crippen LogP contribution in [0.1, 0.15) is 26.2 Å². The molecule has 1 saturated heterocycles. The van der Waals surface area contributed by atoms with E-state index in [2.05, 4.69) is 6.92 Å². The van der Waals surface area contributed by atoms with E-state index >= 15 is 0 Å². The molecule has 2 atom stereocenters. The first-order chi connectivity index (χ1) is 5.83. The van der Waals surface area contributed by atoms with Gasteiger partial charge in [0.2, 0.25) is 0 Å². The van der Waals surface area contributed by atoms with Crippen LogP contribution in [0.5, 0.6) is 0 Å². The van der Waals surface area contributed by atoms with Crippen molar-refractivity contribution in [3.05, 3.63) is 0 Å². The van der Waals surface area contributed by atoms with Gasteiger partial charge >= 0.3 is 0 Å². The van der Waals surface area contributed by atoms with Crippen LogP contribution in [0.2, 0.25) is 6.04 Å². The van der Waals surface area contributed by atoms with E-state index in [4.69, 9.17) is 16.3 Å². The molecule has 0 aromatic heterocycles. The molecule has 3 heteroatoms. The van der Waals surface area contributed by atoms with Crippen molar-refractivity contribution in [2.75, 3.05) is 12.5 Å². The molecule has 0 aromatic carbocycles. The lowest BCUT2D eigenvalue weighted by atomic mass is 10.2. The summed E-state index contributed by atoms with van der Waals surface area (Å²) < 4.78 is 5.69. The minimum atomic E-state index is 0.000417. The summed E-state index contributed by atoms with van der Waals surface area (Å²) in [6, 6.07) is 1.36. The minimum absolute atomic E-state index is 0.000417. The van der Waals surface area contributed by atoms with Gasteiger partial charge in [0.1, 0.15) is 0 Å². The summed E-state index contributed by atoms with van der Waals surface area (Å²) in [7, 11) is 0.000417. The molecule has 12 heavy (non-hydrogen) atoms. The second kappa shape index (κ2) is 6.00. The molecular weight excluding hydrogens is 188 g/mol. The third-order valence-corrected chi connectivity index (χ3v) is 5.65. The fourth-order valence-corrected chi connectivity index (χ4v) is 4.05. The molecule has 1 rings (SSSR count). The first-order valence-electron chi connectivity index (χ1n) is 5.00. The second-order valence-corrected chi connectivity index (χ2v) is 6.20. The highest BCUT2D eigenvalue weighted by atomic mass is 35.5. The van der Waals surface area contributed by atoms with Crippen molar-refractivity contribution in [2.45, 2.75) is 38.0 Å². The molecule has 72 valence electrons. The van der Waals surface area contributed by atoms with Crippen LogP contribution in [0.4, 0.5) is 0 Å². The molecule has 0 saturated carbocycles. The fraction of sp³-hybridized carbons (Fsp3) is 1.00. The van der Waals surface area contributed by atoms with Crippen molar-refractivity contribution in [3.8, 4) is 0 Å². The first kappa shape index (κ1) is 10.5. The Labute approximate surface area is 82.6 Å². The van der Waals surface area contributed by atoms with Crippen LogP contribution in [0.3, 0.4) is 0 Å². The van der Waals surface area contributed by atoms with Gasteiger partial charge in [0, 0.05) is 18.2 Å². The van der Waals surface area contributed by atoms with Gasteiger partial charge in [-0.15, -0.1) is 11.6 Å². The average molecular weight is 207 g/mol. The Morgan fingerprint density at radius 3 is 3.00 bits per heavy atom. The van der Waals surface area contributed by atoms with Crippen molar-refractivity contribution >= 4 is 21.1 Å². The molecule has 2 unspecified atom stereocenters. The fourth-order valence-electron chi connectivity index (χ4n) is 1.58. The Kier molecular flexibility index (Phi) is 5.28. The number of hydrogen-bond acceptors (Lipinski definition) is 1. The normalized spacial score (nSPS) is 28.0. The van der Waals surface area contributed by atoms with Crippen molar-refractivity contribution < 1.29 is 4.74 Å². The van der Waals surface area contributed by atoms with Crippen molar-refractivity contribution in [1.29, 1.82) is 0 Å². The van der Waals surface area contributed by atoms with Crippen LogP contribution in [0.25, 0.3) is 0 Å². The molecule has 0 amide bonds. The van der Waals surface area contributed by atoms with E-state index in [0.717, 1.165) is 12.5 Å². The van der Waals surface area contributed by atoms with E-state index in [9.17, 15) is 0 Å². The van der Waals surface area contributed by atoms with Gasteiger partial charge in [0.25, 0.3) is 0 Å². The van der Waals surface area contributed by atoms with Gasteiger partial charge in [-0.25, -0.2) is 0 Å². The summed E-state index contributed by atoms with van der Waals surface area (Å²) in [6.45, 7) is 3.25. The summed E-state index contributed by atoms with van der Waals surface area (Å²) in [5, 5.41) is 0. The molecule has 1 heterocycles. The number of ether oxygens (including phenoxy) is 1. The van der Waals surface area contributed by atoms with Crippen molar-refractivity contribution in [1.82, 2.24) is 0 Å². The van der Waals surface area contributed by atoms with Crippen molar-refractivity contribution in [3.63, 3.8) is 0 Å². The summed E-state index contributed by atoms with van der Waals surface area (Å²) in [4.78, 5) is 0. The maximum absolute atomic E-state index is 5.75. The molecule has 0 N–H and O–H groups in total. The first-order valence-corrected chi connectivity index (χ1v) is 7.35. The quantitative estimate of drug-likeness (QED) is 0.505. The summed E-state index contributed by atoms with van der Waals surface area (Å²) in [5.74, 6) is 1.53. The summed E-state index contributed by atoms with van der Waals surface area (Å²) in [5.41, 5.74) is 0.671. The zero-order chi connectivity index (χ0) is 8.81. The maximum Gasteiger partial charge on any atom is 0.0558 e. The van der Waals surface area contributed by atoms with Gasteiger partial charge in [0.15, 0.2) is 0 Å². The van der Waals surface area contributed by atoms with E-state index in [1.165, 1.54) is 25.3 Å².